The number of amides is 1. The molecule has 166 valence electrons. The minimum Gasteiger partial charge on any atom is -0.486 e. The van der Waals surface area contributed by atoms with Crippen LogP contribution in [0.1, 0.15) is 10.4 Å². The van der Waals surface area contributed by atoms with E-state index < -0.39 is 0 Å². The molecule has 6 rings (SSSR count). The monoisotopic (exact) mass is 448 g/mol. The van der Waals surface area contributed by atoms with E-state index in [0.29, 0.717) is 36.0 Å². The first-order valence-corrected chi connectivity index (χ1v) is 10.9. The van der Waals surface area contributed by atoms with Crippen LogP contribution in [0.4, 0.5) is 5.69 Å². The van der Waals surface area contributed by atoms with Crippen LogP contribution in [0.15, 0.2) is 85.2 Å². The second-order valence-electron chi connectivity index (χ2n) is 7.94. The Kier molecular flexibility index (Phi) is 4.92. The average Bonchev–Trinajstić information content (AvgIpc) is 3.33. The maximum absolute atomic E-state index is 12.7. The van der Waals surface area contributed by atoms with Gasteiger partial charge < -0.3 is 19.8 Å². The number of aromatic amines is 1. The van der Waals surface area contributed by atoms with Crippen LogP contribution in [0.5, 0.6) is 11.5 Å². The topological polar surface area (TPSA) is 89.1 Å². The van der Waals surface area contributed by atoms with E-state index in [1.165, 1.54) is 0 Å². The largest absolute Gasteiger partial charge is 0.486 e. The normalized spacial score (nSPS) is 12.5. The number of anilines is 1. The molecule has 0 bridgehead atoms. The molecule has 0 aliphatic carbocycles. The Bertz CT molecular complexity index is 1490. The molecule has 2 aromatic heterocycles. The van der Waals surface area contributed by atoms with E-state index in [9.17, 15) is 4.79 Å². The predicted molar refractivity (Wildman–Crippen MR) is 130 cm³/mol. The third-order valence-electron chi connectivity index (χ3n) is 5.72. The van der Waals surface area contributed by atoms with Crippen LogP contribution < -0.4 is 14.8 Å². The standard InChI is InChI=1S/C27H20N4O3/c32-27(20-4-8-24-25(16-20)34-14-13-33-24)29-21-5-1-18(2-6-21)26-30-22-7-3-19(15-23(22)31-26)17-9-11-28-12-10-17/h1-12,15-16H,13-14H2,(H,29,32)(H,30,31). The lowest BCUT2D eigenvalue weighted by atomic mass is 10.1. The molecule has 0 atom stereocenters. The van der Waals surface area contributed by atoms with Crippen molar-refractivity contribution < 1.29 is 14.3 Å². The molecule has 1 aliphatic heterocycles. The first kappa shape index (κ1) is 20.0. The van der Waals surface area contributed by atoms with Gasteiger partial charge in [0.25, 0.3) is 5.91 Å². The molecule has 0 fully saturated rings. The molecular weight excluding hydrogens is 428 g/mol. The molecule has 5 aromatic rings. The summed E-state index contributed by atoms with van der Waals surface area (Å²) in [5.74, 6) is 1.81. The van der Waals surface area contributed by atoms with Crippen molar-refractivity contribution in [1.82, 2.24) is 15.0 Å². The highest BCUT2D eigenvalue weighted by molar-refractivity contribution is 6.04. The van der Waals surface area contributed by atoms with Gasteiger partial charge in [-0.1, -0.05) is 6.07 Å². The van der Waals surface area contributed by atoms with Crippen molar-refractivity contribution in [2.45, 2.75) is 0 Å². The van der Waals surface area contributed by atoms with E-state index >= 15 is 0 Å². The van der Waals surface area contributed by atoms with Crippen molar-refractivity contribution in [2.24, 2.45) is 0 Å². The maximum Gasteiger partial charge on any atom is 0.255 e. The van der Waals surface area contributed by atoms with Crippen LogP contribution in [0.2, 0.25) is 0 Å². The SMILES string of the molecule is O=C(Nc1ccc(-c2nc3ccc(-c4ccncc4)cc3[nH]2)cc1)c1ccc2c(c1)OCCO2. The number of carbonyl (C=O) groups excluding carboxylic acids is 1. The van der Waals surface area contributed by atoms with Gasteiger partial charge in [0, 0.05) is 29.2 Å². The fraction of sp³-hybridized carbons (Fsp3) is 0.0741. The van der Waals surface area contributed by atoms with E-state index in [1.807, 2.05) is 42.5 Å². The Morgan fingerprint density at radius 2 is 1.56 bits per heavy atom. The average molecular weight is 448 g/mol. The molecule has 3 heterocycles. The molecule has 0 radical (unpaired) electrons. The van der Waals surface area contributed by atoms with Gasteiger partial charge in [-0.15, -0.1) is 0 Å². The molecule has 0 unspecified atom stereocenters. The Hall–Kier alpha value is -4.65. The molecule has 34 heavy (non-hydrogen) atoms. The van der Waals surface area contributed by atoms with E-state index in [0.717, 1.165) is 33.5 Å². The van der Waals surface area contributed by atoms with Crippen LogP contribution >= 0.6 is 0 Å². The fourth-order valence-electron chi connectivity index (χ4n) is 3.97. The molecule has 0 saturated heterocycles. The number of aromatic nitrogens is 3. The lowest BCUT2D eigenvalue weighted by molar-refractivity contribution is 0.102. The highest BCUT2D eigenvalue weighted by atomic mass is 16.6. The molecule has 0 spiro atoms. The fourth-order valence-corrected chi connectivity index (χ4v) is 3.97. The van der Waals surface area contributed by atoms with Gasteiger partial charge in [0.05, 0.1) is 11.0 Å². The second-order valence-corrected chi connectivity index (χ2v) is 7.94. The predicted octanol–water partition coefficient (Wildman–Crippen LogP) is 5.32. The van der Waals surface area contributed by atoms with Gasteiger partial charge >= 0.3 is 0 Å². The van der Waals surface area contributed by atoms with E-state index in [-0.39, 0.29) is 5.91 Å². The zero-order valence-corrected chi connectivity index (χ0v) is 18.1. The van der Waals surface area contributed by atoms with Gasteiger partial charge in [-0.2, -0.15) is 0 Å². The quantitative estimate of drug-likeness (QED) is 0.389. The highest BCUT2D eigenvalue weighted by Crippen LogP contribution is 2.31. The summed E-state index contributed by atoms with van der Waals surface area (Å²) >= 11 is 0. The molecule has 0 saturated carbocycles. The Balaban J connectivity index is 1.20. The highest BCUT2D eigenvalue weighted by Gasteiger charge is 2.15. The summed E-state index contributed by atoms with van der Waals surface area (Å²) in [5.41, 5.74) is 6.19. The number of ether oxygens (including phenoxy) is 2. The minimum atomic E-state index is -0.211. The number of rotatable bonds is 4. The summed E-state index contributed by atoms with van der Waals surface area (Å²) in [5, 5.41) is 2.92. The third kappa shape index (κ3) is 3.84. The lowest BCUT2D eigenvalue weighted by Gasteiger charge is -2.18. The smallest absolute Gasteiger partial charge is 0.255 e. The molecule has 1 aliphatic rings. The van der Waals surface area contributed by atoms with Gasteiger partial charge in [0.1, 0.15) is 19.0 Å². The summed E-state index contributed by atoms with van der Waals surface area (Å²) in [4.78, 5) is 24.9. The first-order valence-electron chi connectivity index (χ1n) is 10.9. The second kappa shape index (κ2) is 8.37. The van der Waals surface area contributed by atoms with Gasteiger partial charge in [-0.05, 0) is 77.9 Å². The van der Waals surface area contributed by atoms with Crippen molar-refractivity contribution in [3.8, 4) is 34.0 Å². The summed E-state index contributed by atoms with van der Waals surface area (Å²) < 4.78 is 11.1. The summed E-state index contributed by atoms with van der Waals surface area (Å²) in [6, 6.07) is 22.9. The lowest BCUT2D eigenvalue weighted by Crippen LogP contribution is -2.17. The number of hydrogen-bond acceptors (Lipinski definition) is 5. The molecule has 2 N–H and O–H groups in total. The zero-order chi connectivity index (χ0) is 22.9. The molecule has 3 aromatic carbocycles. The van der Waals surface area contributed by atoms with Crippen molar-refractivity contribution in [3.05, 3.63) is 90.8 Å². The van der Waals surface area contributed by atoms with Crippen molar-refractivity contribution in [1.29, 1.82) is 0 Å². The number of nitrogens with zero attached hydrogens (tertiary/aromatic N) is 2. The number of carbonyl (C=O) groups is 1. The molecule has 7 nitrogen and oxygen atoms in total. The Morgan fingerprint density at radius 3 is 2.38 bits per heavy atom. The van der Waals surface area contributed by atoms with Crippen LogP contribution in [0.3, 0.4) is 0 Å². The zero-order valence-electron chi connectivity index (χ0n) is 18.1. The number of benzene rings is 3. The van der Waals surface area contributed by atoms with Crippen LogP contribution in [-0.4, -0.2) is 34.1 Å². The molecule has 1 amide bonds. The Morgan fingerprint density at radius 1 is 0.794 bits per heavy atom. The van der Waals surface area contributed by atoms with Gasteiger partial charge in [0.2, 0.25) is 0 Å². The number of hydrogen-bond donors (Lipinski definition) is 2. The summed E-state index contributed by atoms with van der Waals surface area (Å²) in [7, 11) is 0. The minimum absolute atomic E-state index is 0.211. The third-order valence-corrected chi connectivity index (χ3v) is 5.72. The van der Waals surface area contributed by atoms with Crippen molar-refractivity contribution >= 4 is 22.6 Å². The van der Waals surface area contributed by atoms with Crippen LogP contribution in [-0.2, 0) is 0 Å². The summed E-state index contributed by atoms with van der Waals surface area (Å²) in [6.07, 6.45) is 3.57. The number of nitrogens with one attached hydrogen (secondary N) is 2. The Labute approximate surface area is 195 Å². The van der Waals surface area contributed by atoms with E-state index in [4.69, 9.17) is 14.5 Å². The first-order chi connectivity index (χ1) is 16.7. The molecular formula is C27H20N4O3. The number of pyridine rings is 1. The van der Waals surface area contributed by atoms with Gasteiger partial charge in [0.15, 0.2) is 11.5 Å². The van der Waals surface area contributed by atoms with Crippen molar-refractivity contribution in [3.63, 3.8) is 0 Å². The van der Waals surface area contributed by atoms with Gasteiger partial charge in [-0.25, -0.2) is 4.98 Å². The van der Waals surface area contributed by atoms with Crippen LogP contribution in [0, 0.1) is 0 Å². The van der Waals surface area contributed by atoms with Gasteiger partial charge in [-0.3, -0.25) is 9.78 Å². The number of imidazole rings is 1. The molecule has 7 heteroatoms. The van der Waals surface area contributed by atoms with E-state index in [2.05, 4.69) is 27.4 Å². The number of fused-ring (bicyclic) bond motifs is 2. The maximum atomic E-state index is 12.7. The van der Waals surface area contributed by atoms with Crippen LogP contribution in [0.25, 0.3) is 33.5 Å². The summed E-state index contributed by atoms with van der Waals surface area (Å²) in [6.45, 7) is 0.994. The van der Waals surface area contributed by atoms with Crippen molar-refractivity contribution in [2.75, 3.05) is 18.5 Å². The number of H-pyrrole nitrogens is 1. The van der Waals surface area contributed by atoms with E-state index in [1.54, 1.807) is 30.6 Å².